The molecule has 0 spiro atoms. The number of para-hydroxylation sites is 1. The van der Waals surface area contributed by atoms with Crippen molar-refractivity contribution < 1.29 is 13.1 Å². The molecule has 5 nitrogen and oxygen atoms in total. The molecule has 2 heterocycles. The lowest BCUT2D eigenvalue weighted by Crippen LogP contribution is -2.34. The van der Waals surface area contributed by atoms with Crippen molar-refractivity contribution in [3.63, 3.8) is 0 Å². The number of benzene rings is 2. The average Bonchev–Trinajstić information content (AvgIpc) is 3.18. The quantitative estimate of drug-likeness (QED) is 0.434. The molecule has 0 fully saturated rings. The third-order valence-electron chi connectivity index (χ3n) is 5.59. The van der Waals surface area contributed by atoms with E-state index in [1.165, 1.54) is 6.07 Å². The summed E-state index contributed by atoms with van der Waals surface area (Å²) < 4.78 is 31.5. The normalized spacial score (nSPS) is 13.9. The molecule has 0 saturated heterocycles. The van der Waals surface area contributed by atoms with Crippen LogP contribution in [0.5, 0.6) is 0 Å². The van der Waals surface area contributed by atoms with Gasteiger partial charge < -0.3 is 4.52 Å². The fraction of sp³-hybridized carbons (Fsp3) is 0.250. The molecule has 0 aliphatic carbocycles. The molecule has 4 aromatic rings. The van der Waals surface area contributed by atoms with E-state index in [0.29, 0.717) is 24.1 Å². The van der Waals surface area contributed by atoms with Gasteiger partial charge in [0.05, 0.1) is 21.4 Å². The maximum absolute atomic E-state index is 14.5. The zero-order chi connectivity index (χ0) is 22.0. The van der Waals surface area contributed by atoms with Crippen molar-refractivity contribution in [1.29, 1.82) is 0 Å². The van der Waals surface area contributed by atoms with Gasteiger partial charge in [0.2, 0.25) is 0 Å². The van der Waals surface area contributed by atoms with Gasteiger partial charge in [-0.15, -0.1) is 0 Å². The largest absolute Gasteiger partial charge is 0.356 e. The number of halogens is 1. The Morgan fingerprint density at radius 2 is 1.84 bits per heavy atom. The minimum absolute atomic E-state index is 0.182. The monoisotopic (exact) mass is 437 g/mol. The van der Waals surface area contributed by atoms with Crippen LogP contribution in [0.3, 0.4) is 0 Å². The number of aromatic nitrogens is 2. The highest BCUT2D eigenvalue weighted by molar-refractivity contribution is 7.84. The van der Waals surface area contributed by atoms with Crippen molar-refractivity contribution in [1.82, 2.24) is 10.1 Å². The van der Waals surface area contributed by atoms with Gasteiger partial charge in [0.25, 0.3) is 0 Å². The van der Waals surface area contributed by atoms with Gasteiger partial charge in [-0.25, -0.2) is 8.60 Å². The number of nitrogens with two attached hydrogens (primary N) is 1. The van der Waals surface area contributed by atoms with E-state index in [2.05, 4.69) is 10.1 Å². The van der Waals surface area contributed by atoms with Crippen molar-refractivity contribution in [2.24, 2.45) is 5.14 Å². The summed E-state index contributed by atoms with van der Waals surface area (Å²) in [5.41, 5.74) is 3.65. The van der Waals surface area contributed by atoms with E-state index in [0.717, 1.165) is 22.2 Å². The zero-order valence-electron chi connectivity index (χ0n) is 17.4. The second kappa shape index (κ2) is 8.69. The van der Waals surface area contributed by atoms with Gasteiger partial charge >= 0.3 is 0 Å². The molecule has 160 valence electrons. The lowest BCUT2D eigenvalue weighted by atomic mass is 9.83. The van der Waals surface area contributed by atoms with E-state index in [9.17, 15) is 8.60 Å². The highest BCUT2D eigenvalue weighted by Crippen LogP contribution is 2.39. The predicted molar refractivity (Wildman–Crippen MR) is 121 cm³/mol. The first-order valence-corrected chi connectivity index (χ1v) is 11.3. The number of nitrogens with zero attached hydrogens (tertiary/aromatic N) is 2. The van der Waals surface area contributed by atoms with E-state index < -0.39 is 15.7 Å². The van der Waals surface area contributed by atoms with Gasteiger partial charge in [0.15, 0.2) is 5.58 Å². The van der Waals surface area contributed by atoms with Crippen LogP contribution < -0.4 is 5.14 Å². The maximum Gasteiger partial charge on any atom is 0.167 e. The zero-order valence-corrected chi connectivity index (χ0v) is 18.2. The van der Waals surface area contributed by atoms with E-state index in [1.807, 2.05) is 62.4 Å². The molecule has 31 heavy (non-hydrogen) atoms. The minimum Gasteiger partial charge on any atom is -0.356 e. The van der Waals surface area contributed by atoms with E-state index in [4.69, 9.17) is 9.66 Å². The van der Waals surface area contributed by atoms with Gasteiger partial charge in [-0.3, -0.25) is 10.1 Å². The molecular formula is C24H24FN3O2S. The molecule has 0 saturated carbocycles. The Labute approximate surface area is 183 Å². The fourth-order valence-electron chi connectivity index (χ4n) is 3.92. The molecule has 0 aliphatic rings. The highest BCUT2D eigenvalue weighted by Gasteiger charge is 2.31. The number of rotatable bonds is 7. The van der Waals surface area contributed by atoms with Gasteiger partial charge in [-0.05, 0) is 62.4 Å². The van der Waals surface area contributed by atoms with Crippen LogP contribution in [-0.2, 0) is 17.4 Å². The lowest BCUT2D eigenvalue weighted by Gasteiger charge is -2.29. The molecule has 0 bridgehead atoms. The molecule has 0 amide bonds. The Kier molecular flexibility index (Phi) is 5.98. The van der Waals surface area contributed by atoms with Gasteiger partial charge in [0, 0.05) is 17.1 Å². The first kappa shape index (κ1) is 21.3. The standard InChI is InChI=1S/C24H24FN3O2S/c1-24(2,31(26)29)15-16(14-21-20(25)11-7-13-27-21)17-8-3-4-9-18(17)23-19-10-5-6-12-22(19)30-28-23/h3-13,16H,14-15,26H2,1-2H3/t16-,31?/m0/s1. The first-order valence-electron chi connectivity index (χ1n) is 10.1. The second-order valence-corrected chi connectivity index (χ2v) is 9.91. The van der Waals surface area contributed by atoms with Crippen molar-refractivity contribution >= 4 is 22.0 Å². The van der Waals surface area contributed by atoms with E-state index in [1.54, 1.807) is 12.3 Å². The Morgan fingerprint density at radius 1 is 1.10 bits per heavy atom. The van der Waals surface area contributed by atoms with Crippen LogP contribution in [0, 0.1) is 5.82 Å². The molecule has 7 heteroatoms. The van der Waals surface area contributed by atoms with Crippen molar-refractivity contribution in [2.75, 3.05) is 0 Å². The van der Waals surface area contributed by atoms with Crippen LogP contribution in [0.1, 0.15) is 37.4 Å². The number of hydrogen-bond acceptors (Lipinski definition) is 4. The maximum atomic E-state index is 14.5. The molecule has 0 aliphatic heterocycles. The second-order valence-electron chi connectivity index (χ2n) is 8.21. The summed E-state index contributed by atoms with van der Waals surface area (Å²) in [4.78, 5) is 4.24. The number of fused-ring (bicyclic) bond motifs is 1. The number of pyridine rings is 1. The lowest BCUT2D eigenvalue weighted by molar-refractivity contribution is 0.459. The van der Waals surface area contributed by atoms with Gasteiger partial charge in [0.1, 0.15) is 11.5 Å². The van der Waals surface area contributed by atoms with Crippen LogP contribution in [0.25, 0.3) is 22.2 Å². The molecular weight excluding hydrogens is 413 g/mol. The van der Waals surface area contributed by atoms with Crippen LogP contribution in [0.15, 0.2) is 71.4 Å². The Bertz CT molecular complexity index is 1240. The van der Waals surface area contributed by atoms with Gasteiger partial charge in [-0.2, -0.15) is 0 Å². The van der Waals surface area contributed by atoms with Crippen molar-refractivity contribution in [3.8, 4) is 11.3 Å². The minimum atomic E-state index is -1.55. The van der Waals surface area contributed by atoms with Crippen LogP contribution in [-0.4, -0.2) is 19.1 Å². The fourth-order valence-corrected chi connectivity index (χ4v) is 4.28. The molecule has 2 aromatic carbocycles. The van der Waals surface area contributed by atoms with E-state index >= 15 is 0 Å². The summed E-state index contributed by atoms with van der Waals surface area (Å²) in [5, 5.41) is 11.0. The summed E-state index contributed by atoms with van der Waals surface area (Å²) in [5.74, 6) is -0.540. The third-order valence-corrected chi connectivity index (χ3v) is 6.85. The molecule has 2 atom stereocenters. The smallest absolute Gasteiger partial charge is 0.167 e. The Hall–Kier alpha value is -2.90. The number of hydrogen-bond donors (Lipinski definition) is 1. The topological polar surface area (TPSA) is 82.0 Å². The Balaban J connectivity index is 1.84. The summed E-state index contributed by atoms with van der Waals surface area (Å²) in [6.07, 6.45) is 2.41. The highest BCUT2D eigenvalue weighted by atomic mass is 32.2. The Morgan fingerprint density at radius 3 is 2.61 bits per heavy atom. The summed E-state index contributed by atoms with van der Waals surface area (Å²) in [7, 11) is -1.55. The van der Waals surface area contributed by atoms with Crippen molar-refractivity contribution in [2.45, 2.75) is 37.4 Å². The molecule has 2 aromatic heterocycles. The molecule has 4 rings (SSSR count). The molecule has 0 radical (unpaired) electrons. The van der Waals surface area contributed by atoms with Gasteiger partial charge in [-0.1, -0.05) is 41.6 Å². The summed E-state index contributed by atoms with van der Waals surface area (Å²) in [6.45, 7) is 3.72. The molecule has 1 unspecified atom stereocenters. The van der Waals surface area contributed by atoms with Crippen LogP contribution >= 0.6 is 0 Å². The van der Waals surface area contributed by atoms with E-state index in [-0.39, 0.29) is 11.7 Å². The summed E-state index contributed by atoms with van der Waals surface area (Å²) in [6, 6.07) is 18.5. The van der Waals surface area contributed by atoms with Crippen LogP contribution in [0.2, 0.25) is 0 Å². The summed E-state index contributed by atoms with van der Waals surface area (Å²) >= 11 is 0. The van der Waals surface area contributed by atoms with Crippen molar-refractivity contribution in [3.05, 3.63) is 83.9 Å². The first-order chi connectivity index (χ1) is 14.9. The van der Waals surface area contributed by atoms with Crippen LogP contribution in [0.4, 0.5) is 4.39 Å². The third kappa shape index (κ3) is 4.43. The molecule has 2 N–H and O–H groups in total. The average molecular weight is 438 g/mol. The SMILES string of the molecule is CC(C)(C[C@H](Cc1ncccc1F)c1ccccc1-c1noc2ccccc12)S(N)=O. The predicted octanol–water partition coefficient (Wildman–Crippen LogP) is 5.15.